The Morgan fingerprint density at radius 2 is 2.00 bits per heavy atom. The molecule has 40 heavy (non-hydrogen) atoms. The summed E-state index contributed by atoms with van der Waals surface area (Å²) < 4.78 is 18.3. The Morgan fingerprint density at radius 3 is 2.75 bits per heavy atom. The Morgan fingerprint density at radius 1 is 1.20 bits per heavy atom. The molecule has 4 aliphatic rings. The molecule has 0 saturated heterocycles. The lowest BCUT2D eigenvalue weighted by Gasteiger charge is -2.32. The number of cyclic esters (lactones) is 1. The molecule has 5 heterocycles. The van der Waals surface area contributed by atoms with E-state index in [0.29, 0.717) is 41.2 Å². The van der Waals surface area contributed by atoms with E-state index in [1.165, 1.54) is 0 Å². The number of nitrogens with one attached hydrogen (secondary N) is 1. The number of aliphatic hydroxyl groups is 2. The number of hydrogen-bond acceptors (Lipinski definition) is 9. The predicted octanol–water partition coefficient (Wildman–Crippen LogP) is 1.93. The van der Waals surface area contributed by atoms with Gasteiger partial charge in [-0.2, -0.15) is 0 Å². The summed E-state index contributed by atoms with van der Waals surface area (Å²) >= 11 is 0. The highest BCUT2D eigenvalue weighted by Crippen LogP contribution is 2.50. The molecule has 1 aromatic carbocycles. The summed E-state index contributed by atoms with van der Waals surface area (Å²) in [6.07, 6.45) is 1.24. The van der Waals surface area contributed by atoms with Crippen molar-refractivity contribution in [2.45, 2.75) is 64.8 Å². The molecule has 3 aromatic rings. The normalized spacial score (nSPS) is 22.0. The maximum absolute atomic E-state index is 13.7. The average Bonchev–Trinajstić information content (AvgIpc) is 3.57. The van der Waals surface area contributed by atoms with E-state index in [2.05, 4.69) is 5.32 Å². The number of nitrogens with zero attached hydrogens (tertiary/aromatic N) is 2. The van der Waals surface area contributed by atoms with Crippen LogP contribution >= 0.6 is 0 Å². The first-order valence-electron chi connectivity index (χ1n) is 13.5. The zero-order valence-corrected chi connectivity index (χ0v) is 22.4. The van der Waals surface area contributed by atoms with Gasteiger partial charge in [-0.3, -0.25) is 9.59 Å². The van der Waals surface area contributed by atoms with Gasteiger partial charge < -0.3 is 34.3 Å². The molecule has 7 rings (SSSR count). The number of aromatic nitrogens is 2. The number of esters is 1. The van der Waals surface area contributed by atoms with Gasteiger partial charge in [0, 0.05) is 28.1 Å². The number of ether oxygens (including phenoxy) is 3. The molecule has 0 radical (unpaired) electrons. The highest BCUT2D eigenvalue weighted by Gasteiger charge is 2.46. The molecule has 11 heteroatoms. The minimum atomic E-state index is -1.93. The van der Waals surface area contributed by atoms with Crippen LogP contribution in [0.4, 0.5) is 0 Å². The molecule has 208 valence electrons. The molecule has 2 atom stereocenters. The van der Waals surface area contributed by atoms with Crippen molar-refractivity contribution < 1.29 is 34.0 Å². The number of carbonyl (C=O) groups is 2. The van der Waals surface area contributed by atoms with Crippen molar-refractivity contribution in [1.29, 1.82) is 0 Å². The van der Waals surface area contributed by atoms with E-state index in [1.807, 2.05) is 6.07 Å². The maximum atomic E-state index is 13.7. The van der Waals surface area contributed by atoms with Crippen molar-refractivity contribution in [2.24, 2.45) is 5.41 Å². The molecule has 0 fully saturated rings. The van der Waals surface area contributed by atoms with E-state index in [-0.39, 0.29) is 55.6 Å². The lowest BCUT2D eigenvalue weighted by Crippen LogP contribution is -2.44. The number of pyridine rings is 2. The summed E-state index contributed by atoms with van der Waals surface area (Å²) in [5, 5.41) is 25.0. The van der Waals surface area contributed by atoms with Gasteiger partial charge >= 0.3 is 5.97 Å². The van der Waals surface area contributed by atoms with E-state index in [0.717, 1.165) is 22.1 Å². The first-order chi connectivity index (χ1) is 19.1. The molecule has 0 unspecified atom stereocenters. The molecule has 3 N–H and O–H groups in total. The van der Waals surface area contributed by atoms with E-state index in [1.54, 1.807) is 31.4 Å². The number of aliphatic hydroxyl groups excluding tert-OH is 1. The predicted molar refractivity (Wildman–Crippen MR) is 141 cm³/mol. The topological polar surface area (TPSA) is 149 Å². The van der Waals surface area contributed by atoms with Gasteiger partial charge in [0.15, 0.2) is 17.1 Å². The summed E-state index contributed by atoms with van der Waals surface area (Å²) in [6, 6.07) is 3.09. The average molecular weight is 548 g/mol. The lowest BCUT2D eigenvalue weighted by atomic mass is 9.82. The Hall–Kier alpha value is -3.96. The molecular formula is C29H29N3O8. The Bertz CT molecular complexity index is 1730. The molecule has 0 saturated carbocycles. The molecule has 3 aliphatic heterocycles. The zero-order chi connectivity index (χ0) is 28.1. The minimum Gasteiger partial charge on any atom is -0.458 e. The molecule has 1 amide bonds. The second-order valence-corrected chi connectivity index (χ2v) is 11.5. The van der Waals surface area contributed by atoms with Gasteiger partial charge in [0.25, 0.3) is 5.56 Å². The number of carbonyl (C=O) groups excluding carboxylic acids is 2. The fourth-order valence-electron chi connectivity index (χ4n) is 6.36. The highest BCUT2D eigenvalue weighted by molar-refractivity contribution is 5.96. The summed E-state index contributed by atoms with van der Waals surface area (Å²) in [7, 11) is 0. The standard InChI is InChI=1S/C29H29N3O8/c1-4-29(37)16-7-19-23-14(9-32(19)25(34)15(16)10-38-27(29)36)22-17(31-26(35)28(2,3)11-33)6-5-13-21(22)18(30-23)8-20-24(13)40-12-39-20/h7-8,17,33,37H,4-6,9-12H2,1-3H3,(H,31,35)/t17-,29-/m0/s1. The number of aryl methyl sites for hydroxylation is 1. The van der Waals surface area contributed by atoms with Crippen LogP contribution in [0.1, 0.15) is 67.5 Å². The van der Waals surface area contributed by atoms with Crippen LogP contribution in [0, 0.1) is 5.41 Å². The van der Waals surface area contributed by atoms with Crippen LogP contribution in [0.5, 0.6) is 11.5 Å². The molecule has 11 nitrogen and oxygen atoms in total. The monoisotopic (exact) mass is 547 g/mol. The fourth-order valence-corrected chi connectivity index (χ4v) is 6.36. The van der Waals surface area contributed by atoms with Gasteiger partial charge in [-0.1, -0.05) is 6.92 Å². The third-order valence-corrected chi connectivity index (χ3v) is 8.80. The van der Waals surface area contributed by atoms with Gasteiger partial charge in [0.05, 0.1) is 47.1 Å². The molecule has 2 aromatic heterocycles. The van der Waals surface area contributed by atoms with Crippen molar-refractivity contribution in [1.82, 2.24) is 14.9 Å². The van der Waals surface area contributed by atoms with Crippen LogP contribution < -0.4 is 20.3 Å². The first kappa shape index (κ1) is 25.0. The maximum Gasteiger partial charge on any atom is 0.343 e. The Kier molecular flexibility index (Phi) is 5.18. The van der Waals surface area contributed by atoms with E-state index < -0.39 is 23.0 Å². The van der Waals surface area contributed by atoms with Crippen LogP contribution in [0.2, 0.25) is 0 Å². The summed E-state index contributed by atoms with van der Waals surface area (Å²) in [6.45, 7) is 4.82. The third kappa shape index (κ3) is 3.18. The Balaban J connectivity index is 1.49. The van der Waals surface area contributed by atoms with Crippen molar-refractivity contribution in [3.05, 3.63) is 50.3 Å². The van der Waals surface area contributed by atoms with E-state index in [4.69, 9.17) is 19.2 Å². The number of fused-ring (bicyclic) bond motifs is 7. The van der Waals surface area contributed by atoms with Crippen molar-refractivity contribution >= 4 is 22.8 Å². The third-order valence-electron chi connectivity index (χ3n) is 8.80. The summed E-state index contributed by atoms with van der Waals surface area (Å²) in [5.41, 5.74) is 1.47. The van der Waals surface area contributed by atoms with Crippen LogP contribution in [-0.4, -0.2) is 45.0 Å². The molecule has 1 aliphatic carbocycles. The van der Waals surface area contributed by atoms with Gasteiger partial charge in [0.2, 0.25) is 12.7 Å². The second kappa shape index (κ2) is 8.28. The minimum absolute atomic E-state index is 0.0482. The molecular weight excluding hydrogens is 518 g/mol. The number of amides is 1. The van der Waals surface area contributed by atoms with Crippen LogP contribution in [0.15, 0.2) is 16.9 Å². The van der Waals surface area contributed by atoms with Crippen molar-refractivity contribution in [3.63, 3.8) is 0 Å². The van der Waals surface area contributed by atoms with Crippen molar-refractivity contribution in [2.75, 3.05) is 13.4 Å². The van der Waals surface area contributed by atoms with Gasteiger partial charge in [-0.25, -0.2) is 9.78 Å². The lowest BCUT2D eigenvalue weighted by molar-refractivity contribution is -0.172. The van der Waals surface area contributed by atoms with Gasteiger partial charge in [-0.05, 0) is 44.7 Å². The first-order valence-corrected chi connectivity index (χ1v) is 13.5. The van der Waals surface area contributed by atoms with Gasteiger partial charge in [0.1, 0.15) is 6.61 Å². The van der Waals surface area contributed by atoms with E-state index in [9.17, 15) is 24.6 Å². The summed E-state index contributed by atoms with van der Waals surface area (Å²) in [5.74, 6) is 0.199. The Labute approximate surface area is 228 Å². The molecule has 0 spiro atoms. The number of rotatable bonds is 4. The number of hydrogen-bond donors (Lipinski definition) is 3. The van der Waals surface area contributed by atoms with E-state index >= 15 is 0 Å². The van der Waals surface area contributed by atoms with Crippen LogP contribution in [-0.2, 0) is 39.5 Å². The van der Waals surface area contributed by atoms with Crippen LogP contribution in [0.3, 0.4) is 0 Å². The molecule has 0 bridgehead atoms. The smallest absolute Gasteiger partial charge is 0.343 e. The van der Waals surface area contributed by atoms with Gasteiger partial charge in [-0.15, -0.1) is 0 Å². The highest BCUT2D eigenvalue weighted by atomic mass is 16.7. The largest absolute Gasteiger partial charge is 0.458 e. The fraction of sp³-hybridized carbons (Fsp3) is 0.448. The quantitative estimate of drug-likeness (QED) is 0.326. The van der Waals surface area contributed by atoms with Crippen LogP contribution in [0.25, 0.3) is 22.3 Å². The van der Waals surface area contributed by atoms with Crippen molar-refractivity contribution in [3.8, 4) is 22.9 Å². The summed E-state index contributed by atoms with van der Waals surface area (Å²) in [4.78, 5) is 44.5. The zero-order valence-electron chi connectivity index (χ0n) is 22.4. The SMILES string of the molecule is CC[C@@]1(O)C(=O)OCc2c1cc1n(c2=O)Cc2c-1nc1cc3c(c4c1c2[C@@H](NC(=O)C(C)(C)CO)CC4)OCO3. The number of benzene rings is 1. The second-order valence-electron chi connectivity index (χ2n) is 11.5.